The van der Waals surface area contributed by atoms with Crippen LogP contribution in [0.3, 0.4) is 0 Å². The maximum atomic E-state index is 13.2. The fraction of sp³-hybridized carbons (Fsp3) is 0.450. The molecule has 1 aromatic carbocycles. The van der Waals surface area contributed by atoms with Crippen molar-refractivity contribution in [2.24, 2.45) is 5.92 Å². The van der Waals surface area contributed by atoms with Crippen LogP contribution in [0.2, 0.25) is 0 Å². The molecule has 2 aliphatic rings. The van der Waals surface area contributed by atoms with Crippen LogP contribution in [0.25, 0.3) is 11.5 Å². The smallest absolute Gasteiger partial charge is 0.326 e. The summed E-state index contributed by atoms with van der Waals surface area (Å²) in [6, 6.07) is 8.60. The minimum Gasteiger partial charge on any atom is -0.480 e. The molecule has 3 atom stereocenters. The van der Waals surface area contributed by atoms with Crippen LogP contribution in [-0.4, -0.2) is 39.0 Å². The number of likely N-dealkylation sites (tertiary alicyclic amines) is 1. The molecule has 1 saturated carbocycles. The molecule has 0 bridgehead atoms. The maximum Gasteiger partial charge on any atom is 0.326 e. The highest BCUT2D eigenvalue weighted by atomic mass is 16.4. The van der Waals surface area contributed by atoms with Crippen molar-refractivity contribution in [3.63, 3.8) is 0 Å². The average Bonchev–Trinajstić information content (AvgIpc) is 3.23. The quantitative estimate of drug-likeness (QED) is 0.912. The third kappa shape index (κ3) is 2.79. The maximum absolute atomic E-state index is 13.2. The first kappa shape index (κ1) is 16.8. The predicted molar refractivity (Wildman–Crippen MR) is 94.6 cm³/mol. The van der Waals surface area contributed by atoms with E-state index in [1.165, 1.54) is 0 Å². The van der Waals surface area contributed by atoms with E-state index in [-0.39, 0.29) is 23.6 Å². The van der Waals surface area contributed by atoms with Crippen LogP contribution < -0.4 is 0 Å². The molecule has 136 valence electrons. The van der Waals surface area contributed by atoms with Crippen LogP contribution >= 0.6 is 0 Å². The minimum absolute atomic E-state index is 0.0120. The van der Waals surface area contributed by atoms with Gasteiger partial charge in [-0.3, -0.25) is 4.79 Å². The van der Waals surface area contributed by atoms with E-state index in [9.17, 15) is 14.7 Å². The number of oxazole rings is 1. The van der Waals surface area contributed by atoms with Crippen LogP contribution in [0.5, 0.6) is 0 Å². The first-order valence-corrected chi connectivity index (χ1v) is 9.14. The molecule has 2 fully saturated rings. The van der Waals surface area contributed by atoms with Crippen molar-refractivity contribution >= 4 is 11.9 Å². The Morgan fingerprint density at radius 1 is 1.19 bits per heavy atom. The summed E-state index contributed by atoms with van der Waals surface area (Å²) in [4.78, 5) is 30.9. The number of hydrogen-bond acceptors (Lipinski definition) is 4. The van der Waals surface area contributed by atoms with Crippen LogP contribution in [0, 0.1) is 12.8 Å². The van der Waals surface area contributed by atoms with Crippen LogP contribution in [0.15, 0.2) is 34.7 Å². The first-order valence-electron chi connectivity index (χ1n) is 9.14. The zero-order valence-corrected chi connectivity index (χ0v) is 14.7. The van der Waals surface area contributed by atoms with Gasteiger partial charge in [0.25, 0.3) is 5.91 Å². The summed E-state index contributed by atoms with van der Waals surface area (Å²) in [5.41, 5.74) is 1.29. The van der Waals surface area contributed by atoms with Gasteiger partial charge in [-0.2, -0.15) is 0 Å². The normalized spacial score (nSPS) is 25.1. The Morgan fingerprint density at radius 2 is 1.92 bits per heavy atom. The summed E-state index contributed by atoms with van der Waals surface area (Å²) in [5.74, 6) is -0.475. The highest BCUT2D eigenvalue weighted by Crippen LogP contribution is 2.41. The molecule has 2 aromatic rings. The van der Waals surface area contributed by atoms with Crippen LogP contribution in [-0.2, 0) is 4.79 Å². The van der Waals surface area contributed by atoms with Gasteiger partial charge in [-0.25, -0.2) is 9.78 Å². The van der Waals surface area contributed by atoms with Crippen molar-refractivity contribution in [3.05, 3.63) is 41.8 Å². The lowest BCUT2D eigenvalue weighted by Gasteiger charge is -2.32. The molecule has 0 radical (unpaired) electrons. The molecular formula is C20H22N2O4. The van der Waals surface area contributed by atoms with Gasteiger partial charge in [0.2, 0.25) is 11.7 Å². The lowest BCUT2D eigenvalue weighted by molar-refractivity contribution is -0.141. The monoisotopic (exact) mass is 354 g/mol. The standard InChI is InChI=1S/C20H22N2O4/c1-12-17(26-18(21-12)13-7-3-2-4-8-13)19(23)22-15-10-6-5-9-14(15)11-16(22)20(24)25/h2-4,7-8,14-16H,5-6,9-11H2,1H3,(H,24,25). The van der Waals surface area contributed by atoms with Crippen LogP contribution in [0.1, 0.15) is 48.4 Å². The highest BCUT2D eigenvalue weighted by Gasteiger charge is 2.48. The van der Waals surface area contributed by atoms with E-state index in [0.717, 1.165) is 31.2 Å². The Morgan fingerprint density at radius 3 is 2.65 bits per heavy atom. The molecule has 0 spiro atoms. The molecule has 1 aliphatic heterocycles. The molecule has 6 nitrogen and oxygen atoms in total. The number of amides is 1. The largest absolute Gasteiger partial charge is 0.480 e. The van der Waals surface area contributed by atoms with E-state index in [1.807, 2.05) is 30.3 Å². The van der Waals surface area contributed by atoms with E-state index in [4.69, 9.17) is 4.42 Å². The fourth-order valence-corrected chi connectivity index (χ4v) is 4.39. The Balaban J connectivity index is 1.68. The number of carbonyl (C=O) groups is 2. The van der Waals surface area contributed by atoms with Crippen molar-refractivity contribution in [2.45, 2.75) is 51.1 Å². The van der Waals surface area contributed by atoms with Crippen molar-refractivity contribution in [1.82, 2.24) is 9.88 Å². The molecule has 6 heteroatoms. The number of rotatable bonds is 3. The number of aryl methyl sites for hydroxylation is 1. The summed E-state index contributed by atoms with van der Waals surface area (Å²) in [6.45, 7) is 1.73. The van der Waals surface area contributed by atoms with Crippen LogP contribution in [0.4, 0.5) is 0 Å². The molecule has 1 N–H and O–H groups in total. The van der Waals surface area contributed by atoms with Gasteiger partial charge in [0.05, 0.1) is 5.69 Å². The van der Waals surface area contributed by atoms with E-state index < -0.39 is 12.0 Å². The van der Waals surface area contributed by atoms with E-state index in [1.54, 1.807) is 11.8 Å². The highest BCUT2D eigenvalue weighted by molar-refractivity contribution is 5.96. The van der Waals surface area contributed by atoms with Gasteiger partial charge in [0.15, 0.2) is 0 Å². The number of hydrogen-bond donors (Lipinski definition) is 1. The molecule has 2 heterocycles. The average molecular weight is 354 g/mol. The number of fused-ring (bicyclic) bond motifs is 1. The van der Waals surface area contributed by atoms with E-state index >= 15 is 0 Å². The van der Waals surface area contributed by atoms with Crippen molar-refractivity contribution in [3.8, 4) is 11.5 Å². The lowest BCUT2D eigenvalue weighted by atomic mass is 9.84. The van der Waals surface area contributed by atoms with E-state index in [0.29, 0.717) is 18.0 Å². The lowest BCUT2D eigenvalue weighted by Crippen LogP contribution is -2.46. The van der Waals surface area contributed by atoms with Gasteiger partial charge in [0.1, 0.15) is 6.04 Å². The predicted octanol–water partition coefficient (Wildman–Crippen LogP) is 3.51. The number of carboxylic acids is 1. The molecular weight excluding hydrogens is 332 g/mol. The zero-order chi connectivity index (χ0) is 18.3. The Hall–Kier alpha value is -2.63. The minimum atomic E-state index is -0.937. The summed E-state index contributed by atoms with van der Waals surface area (Å²) >= 11 is 0. The number of nitrogens with zero attached hydrogens (tertiary/aromatic N) is 2. The summed E-state index contributed by atoms with van der Waals surface area (Å²) in [5, 5.41) is 9.64. The molecule has 4 rings (SSSR count). The Kier molecular flexibility index (Phi) is 4.26. The Labute approximate surface area is 151 Å². The van der Waals surface area contributed by atoms with Gasteiger partial charge in [-0.1, -0.05) is 31.0 Å². The SMILES string of the molecule is Cc1nc(-c2ccccc2)oc1C(=O)N1C(C(=O)O)CC2CCCCC21. The molecule has 1 amide bonds. The van der Waals surface area contributed by atoms with E-state index in [2.05, 4.69) is 4.98 Å². The summed E-state index contributed by atoms with van der Waals surface area (Å²) in [7, 11) is 0. The second-order valence-corrected chi connectivity index (χ2v) is 7.21. The van der Waals surface area contributed by atoms with Gasteiger partial charge in [0, 0.05) is 11.6 Å². The Bertz CT molecular complexity index is 830. The molecule has 1 saturated heterocycles. The van der Waals surface area contributed by atoms with Gasteiger partial charge < -0.3 is 14.4 Å². The number of aliphatic carboxylic acids is 1. The second-order valence-electron chi connectivity index (χ2n) is 7.21. The topological polar surface area (TPSA) is 83.6 Å². The number of aromatic nitrogens is 1. The summed E-state index contributed by atoms with van der Waals surface area (Å²) in [6.07, 6.45) is 4.52. The third-order valence-electron chi connectivity index (χ3n) is 5.62. The molecule has 26 heavy (non-hydrogen) atoms. The van der Waals surface area contributed by atoms with Crippen molar-refractivity contribution < 1.29 is 19.1 Å². The molecule has 3 unspecified atom stereocenters. The second kappa shape index (κ2) is 6.59. The van der Waals surface area contributed by atoms with Gasteiger partial charge >= 0.3 is 5.97 Å². The first-order chi connectivity index (χ1) is 12.6. The van der Waals surface area contributed by atoms with Crippen molar-refractivity contribution in [1.29, 1.82) is 0 Å². The number of benzene rings is 1. The fourth-order valence-electron chi connectivity index (χ4n) is 4.39. The van der Waals surface area contributed by atoms with Gasteiger partial charge in [-0.15, -0.1) is 0 Å². The summed E-state index contributed by atoms with van der Waals surface area (Å²) < 4.78 is 5.79. The third-order valence-corrected chi connectivity index (χ3v) is 5.62. The number of carboxylic acid groups (broad SMARTS) is 1. The number of carbonyl (C=O) groups excluding carboxylic acids is 1. The van der Waals surface area contributed by atoms with Crippen molar-refractivity contribution in [2.75, 3.05) is 0 Å². The zero-order valence-electron chi connectivity index (χ0n) is 14.7. The molecule has 1 aliphatic carbocycles. The van der Waals surface area contributed by atoms with Gasteiger partial charge in [-0.05, 0) is 44.2 Å². The molecule has 1 aromatic heterocycles.